The second-order valence-electron chi connectivity index (χ2n) is 4.29. The molecule has 0 unspecified atom stereocenters. The third kappa shape index (κ3) is 2.52. The fourth-order valence-electron chi connectivity index (χ4n) is 2.14. The SMILES string of the molecule is NC[C@@H](N)c1cccc(N2CCNCC2)c1O. The number of aromatic hydroxyl groups is 1. The van der Waals surface area contributed by atoms with E-state index in [1.807, 2.05) is 18.2 Å². The smallest absolute Gasteiger partial charge is 0.143 e. The first kappa shape index (κ1) is 12.2. The number of nitrogens with zero attached hydrogens (tertiary/aromatic N) is 1. The first-order chi connectivity index (χ1) is 8.24. The van der Waals surface area contributed by atoms with Crippen molar-refractivity contribution in [1.82, 2.24) is 5.32 Å². The van der Waals surface area contributed by atoms with Crippen LogP contribution in [0.4, 0.5) is 5.69 Å². The van der Waals surface area contributed by atoms with E-state index in [0.29, 0.717) is 6.54 Å². The molecule has 1 aliphatic heterocycles. The third-order valence-corrected chi connectivity index (χ3v) is 3.16. The predicted molar refractivity (Wildman–Crippen MR) is 69.2 cm³/mol. The molecule has 0 bridgehead atoms. The first-order valence-electron chi connectivity index (χ1n) is 5.97. The van der Waals surface area contributed by atoms with Crippen molar-refractivity contribution in [3.05, 3.63) is 23.8 Å². The molecule has 1 aromatic carbocycles. The highest BCUT2D eigenvalue weighted by Crippen LogP contribution is 2.33. The lowest BCUT2D eigenvalue weighted by Gasteiger charge is -2.30. The van der Waals surface area contributed by atoms with Crippen molar-refractivity contribution in [1.29, 1.82) is 0 Å². The second-order valence-corrected chi connectivity index (χ2v) is 4.29. The van der Waals surface area contributed by atoms with Crippen LogP contribution in [0.2, 0.25) is 0 Å². The molecule has 1 fully saturated rings. The van der Waals surface area contributed by atoms with Gasteiger partial charge in [0, 0.05) is 44.3 Å². The summed E-state index contributed by atoms with van der Waals surface area (Å²) in [6.07, 6.45) is 0. The first-order valence-corrected chi connectivity index (χ1v) is 5.97. The van der Waals surface area contributed by atoms with Gasteiger partial charge in [-0.15, -0.1) is 0 Å². The van der Waals surface area contributed by atoms with Crippen LogP contribution in [0.15, 0.2) is 18.2 Å². The molecule has 1 atom stereocenters. The molecule has 6 N–H and O–H groups in total. The van der Waals surface area contributed by atoms with E-state index < -0.39 is 0 Å². The van der Waals surface area contributed by atoms with Crippen molar-refractivity contribution in [2.24, 2.45) is 11.5 Å². The van der Waals surface area contributed by atoms with Crippen molar-refractivity contribution < 1.29 is 5.11 Å². The lowest BCUT2D eigenvalue weighted by atomic mass is 10.0. The van der Waals surface area contributed by atoms with Crippen LogP contribution in [0.5, 0.6) is 5.75 Å². The Labute approximate surface area is 101 Å². The van der Waals surface area contributed by atoms with Crippen LogP contribution in [0.3, 0.4) is 0 Å². The Morgan fingerprint density at radius 2 is 2.06 bits per heavy atom. The molecular formula is C12H20N4O. The van der Waals surface area contributed by atoms with E-state index in [1.54, 1.807) is 0 Å². The van der Waals surface area contributed by atoms with E-state index in [2.05, 4.69) is 10.2 Å². The molecule has 0 radical (unpaired) electrons. The topological polar surface area (TPSA) is 87.5 Å². The number of phenols is 1. The molecule has 17 heavy (non-hydrogen) atoms. The number of hydrogen-bond donors (Lipinski definition) is 4. The molecule has 0 amide bonds. The van der Waals surface area contributed by atoms with Gasteiger partial charge in [-0.1, -0.05) is 12.1 Å². The molecule has 1 aromatic rings. The van der Waals surface area contributed by atoms with Gasteiger partial charge in [0.2, 0.25) is 0 Å². The summed E-state index contributed by atoms with van der Waals surface area (Å²) >= 11 is 0. The zero-order chi connectivity index (χ0) is 12.3. The standard InChI is InChI=1S/C12H20N4O/c13-8-10(14)9-2-1-3-11(12(9)17)16-6-4-15-5-7-16/h1-3,10,15,17H,4-8,13-14H2/t10-/m1/s1. The number of para-hydroxylation sites is 1. The number of phenolic OH excluding ortho intramolecular Hbond substituents is 1. The Morgan fingerprint density at radius 3 is 2.71 bits per heavy atom. The summed E-state index contributed by atoms with van der Waals surface area (Å²) in [7, 11) is 0. The van der Waals surface area contributed by atoms with Crippen molar-refractivity contribution in [2.45, 2.75) is 6.04 Å². The van der Waals surface area contributed by atoms with E-state index in [-0.39, 0.29) is 11.8 Å². The van der Waals surface area contributed by atoms with Crippen LogP contribution in [-0.2, 0) is 0 Å². The summed E-state index contributed by atoms with van der Waals surface area (Å²) in [5.41, 5.74) is 13.0. The number of nitrogens with one attached hydrogen (secondary N) is 1. The van der Waals surface area contributed by atoms with Crippen LogP contribution in [0.1, 0.15) is 11.6 Å². The Morgan fingerprint density at radius 1 is 1.35 bits per heavy atom. The zero-order valence-electron chi connectivity index (χ0n) is 9.89. The lowest BCUT2D eigenvalue weighted by molar-refractivity contribution is 0.458. The molecule has 1 aliphatic rings. The molecule has 0 saturated carbocycles. The highest BCUT2D eigenvalue weighted by Gasteiger charge is 2.18. The molecule has 0 spiro atoms. The van der Waals surface area contributed by atoms with Crippen LogP contribution in [0.25, 0.3) is 0 Å². The summed E-state index contributed by atoms with van der Waals surface area (Å²) in [5.74, 6) is 0.271. The van der Waals surface area contributed by atoms with Gasteiger partial charge in [-0.3, -0.25) is 0 Å². The summed E-state index contributed by atoms with van der Waals surface area (Å²) in [6, 6.07) is 5.37. The van der Waals surface area contributed by atoms with Gasteiger partial charge >= 0.3 is 0 Å². The average molecular weight is 236 g/mol. The van der Waals surface area contributed by atoms with Gasteiger partial charge in [0.25, 0.3) is 0 Å². The molecule has 0 aromatic heterocycles. The van der Waals surface area contributed by atoms with Gasteiger partial charge in [-0.2, -0.15) is 0 Å². The second kappa shape index (κ2) is 5.35. The van der Waals surface area contributed by atoms with E-state index in [1.165, 1.54) is 0 Å². The predicted octanol–water partition coefficient (Wildman–Crippen LogP) is -0.240. The van der Waals surface area contributed by atoms with Crippen LogP contribution in [-0.4, -0.2) is 37.8 Å². The van der Waals surface area contributed by atoms with Gasteiger partial charge in [0.1, 0.15) is 5.75 Å². The molecule has 2 rings (SSSR count). The minimum atomic E-state index is -0.308. The Hall–Kier alpha value is -1.30. The highest BCUT2D eigenvalue weighted by molar-refractivity contribution is 5.62. The summed E-state index contributed by atoms with van der Waals surface area (Å²) in [4.78, 5) is 2.17. The molecule has 1 saturated heterocycles. The number of hydrogen-bond acceptors (Lipinski definition) is 5. The van der Waals surface area contributed by atoms with Gasteiger partial charge in [0.05, 0.1) is 5.69 Å². The average Bonchev–Trinajstić information content (AvgIpc) is 2.39. The molecule has 5 heteroatoms. The minimum absolute atomic E-state index is 0.271. The number of rotatable bonds is 3. The fourth-order valence-corrected chi connectivity index (χ4v) is 2.14. The van der Waals surface area contributed by atoms with Crippen molar-refractivity contribution in [3.8, 4) is 5.75 Å². The molecule has 1 heterocycles. The highest BCUT2D eigenvalue weighted by atomic mass is 16.3. The van der Waals surface area contributed by atoms with E-state index in [4.69, 9.17) is 11.5 Å². The summed E-state index contributed by atoms with van der Waals surface area (Å²) < 4.78 is 0. The van der Waals surface area contributed by atoms with Gasteiger partial charge in [-0.05, 0) is 6.07 Å². The lowest BCUT2D eigenvalue weighted by Crippen LogP contribution is -2.43. The zero-order valence-corrected chi connectivity index (χ0v) is 9.89. The monoisotopic (exact) mass is 236 g/mol. The molecule has 5 nitrogen and oxygen atoms in total. The maximum absolute atomic E-state index is 10.2. The van der Waals surface area contributed by atoms with Crippen molar-refractivity contribution >= 4 is 5.69 Å². The molecular weight excluding hydrogens is 216 g/mol. The third-order valence-electron chi connectivity index (χ3n) is 3.16. The van der Waals surface area contributed by atoms with Gasteiger partial charge in [-0.25, -0.2) is 0 Å². The Bertz CT molecular complexity index is 377. The number of benzene rings is 1. The quantitative estimate of drug-likeness (QED) is 0.582. The number of piperazine rings is 1. The largest absolute Gasteiger partial charge is 0.505 e. The maximum Gasteiger partial charge on any atom is 0.143 e. The van der Waals surface area contributed by atoms with Crippen LogP contribution < -0.4 is 21.7 Å². The van der Waals surface area contributed by atoms with E-state index >= 15 is 0 Å². The molecule has 94 valence electrons. The summed E-state index contributed by atoms with van der Waals surface area (Å²) in [5, 5.41) is 13.5. The maximum atomic E-state index is 10.2. The van der Waals surface area contributed by atoms with Crippen LogP contribution >= 0.6 is 0 Å². The van der Waals surface area contributed by atoms with Crippen LogP contribution in [0, 0.1) is 0 Å². The van der Waals surface area contributed by atoms with Crippen molar-refractivity contribution in [2.75, 3.05) is 37.6 Å². The minimum Gasteiger partial charge on any atom is -0.505 e. The number of anilines is 1. The normalized spacial score (nSPS) is 18.1. The molecule has 0 aliphatic carbocycles. The van der Waals surface area contributed by atoms with Gasteiger partial charge < -0.3 is 26.8 Å². The Balaban J connectivity index is 2.27. The Kier molecular flexibility index (Phi) is 3.83. The van der Waals surface area contributed by atoms with Crippen molar-refractivity contribution in [3.63, 3.8) is 0 Å². The summed E-state index contributed by atoms with van der Waals surface area (Å²) in [6.45, 7) is 4.00. The van der Waals surface area contributed by atoms with E-state index in [0.717, 1.165) is 37.4 Å². The van der Waals surface area contributed by atoms with E-state index in [9.17, 15) is 5.11 Å². The van der Waals surface area contributed by atoms with Gasteiger partial charge in [0.15, 0.2) is 0 Å². The fraction of sp³-hybridized carbons (Fsp3) is 0.500. The number of nitrogens with two attached hydrogens (primary N) is 2.